The molecule has 3 aromatic carbocycles. The Morgan fingerprint density at radius 2 is 1.56 bits per heavy atom. The molecule has 2 amide bonds. The maximum Gasteiger partial charge on any atom is 0.266 e. The standard InChI is InChI=1S/C24H18Cl2N2O4/c1-31-19-9-5-6-14(10-19)21-20-22(32-28(21)17-7-3-2-4-8-17)24(30)27(23(20)29)18-12-15(25)11-16(26)13-18/h2-13,20-22H,1H3/t20-,21+,22+/m1/s1. The van der Waals surface area contributed by atoms with Crippen molar-refractivity contribution in [2.45, 2.75) is 12.1 Å². The first-order valence-corrected chi connectivity index (χ1v) is 10.7. The van der Waals surface area contributed by atoms with Crippen molar-refractivity contribution in [3.8, 4) is 5.75 Å². The Bertz CT molecular complexity index is 1180. The molecule has 0 N–H and O–H groups in total. The summed E-state index contributed by atoms with van der Waals surface area (Å²) in [6.07, 6.45) is -0.975. The van der Waals surface area contributed by atoms with Crippen LogP contribution in [-0.4, -0.2) is 25.0 Å². The van der Waals surface area contributed by atoms with Crippen molar-refractivity contribution in [1.29, 1.82) is 0 Å². The smallest absolute Gasteiger partial charge is 0.266 e. The predicted octanol–water partition coefficient (Wildman–Crippen LogP) is 5.05. The Morgan fingerprint density at radius 3 is 2.25 bits per heavy atom. The quantitative estimate of drug-likeness (QED) is 0.501. The van der Waals surface area contributed by atoms with Gasteiger partial charge in [-0.15, -0.1) is 0 Å². The molecule has 2 aliphatic rings. The zero-order valence-electron chi connectivity index (χ0n) is 16.9. The number of ether oxygens (including phenoxy) is 1. The van der Waals surface area contributed by atoms with Gasteiger partial charge in [-0.05, 0) is 48.0 Å². The molecule has 0 aromatic heterocycles. The van der Waals surface area contributed by atoms with Crippen LogP contribution in [0.1, 0.15) is 11.6 Å². The van der Waals surface area contributed by atoms with Gasteiger partial charge in [-0.3, -0.25) is 14.4 Å². The third-order valence-corrected chi connectivity index (χ3v) is 6.10. The van der Waals surface area contributed by atoms with Crippen molar-refractivity contribution in [2.75, 3.05) is 17.1 Å². The summed E-state index contributed by atoms with van der Waals surface area (Å²) in [6, 6.07) is 20.9. The Hall–Kier alpha value is -3.06. The fourth-order valence-electron chi connectivity index (χ4n) is 4.30. The summed E-state index contributed by atoms with van der Waals surface area (Å²) in [6.45, 7) is 0. The molecule has 32 heavy (non-hydrogen) atoms. The number of para-hydroxylation sites is 1. The number of nitrogens with zero attached hydrogens (tertiary/aromatic N) is 2. The largest absolute Gasteiger partial charge is 0.497 e. The van der Waals surface area contributed by atoms with E-state index in [1.165, 1.54) is 0 Å². The fourth-order valence-corrected chi connectivity index (χ4v) is 4.82. The maximum absolute atomic E-state index is 13.6. The number of imide groups is 1. The molecule has 3 aromatic rings. The van der Waals surface area contributed by atoms with Crippen molar-refractivity contribution in [3.63, 3.8) is 0 Å². The fraction of sp³-hybridized carbons (Fsp3) is 0.167. The van der Waals surface area contributed by atoms with Gasteiger partial charge in [0.15, 0.2) is 6.10 Å². The minimum atomic E-state index is -0.975. The topological polar surface area (TPSA) is 59.1 Å². The lowest BCUT2D eigenvalue weighted by molar-refractivity contribution is -0.126. The Morgan fingerprint density at radius 1 is 0.844 bits per heavy atom. The normalized spacial score (nSPS) is 22.4. The van der Waals surface area contributed by atoms with Crippen molar-refractivity contribution in [2.24, 2.45) is 5.92 Å². The van der Waals surface area contributed by atoms with Gasteiger partial charge in [0.1, 0.15) is 11.7 Å². The van der Waals surface area contributed by atoms with Crippen LogP contribution in [0.5, 0.6) is 5.75 Å². The summed E-state index contributed by atoms with van der Waals surface area (Å²) in [4.78, 5) is 34.2. The third kappa shape index (κ3) is 3.41. The van der Waals surface area contributed by atoms with Gasteiger partial charge in [0.2, 0.25) is 5.91 Å². The summed E-state index contributed by atoms with van der Waals surface area (Å²) in [5.74, 6) is -0.934. The molecule has 0 radical (unpaired) electrons. The zero-order chi connectivity index (χ0) is 22.4. The second-order valence-electron chi connectivity index (χ2n) is 7.57. The second-order valence-corrected chi connectivity index (χ2v) is 8.45. The molecule has 0 saturated carbocycles. The van der Waals surface area contributed by atoms with Crippen LogP contribution in [0.15, 0.2) is 72.8 Å². The Balaban J connectivity index is 1.60. The highest BCUT2D eigenvalue weighted by molar-refractivity contribution is 6.35. The van der Waals surface area contributed by atoms with Crippen LogP contribution < -0.4 is 14.7 Å². The molecule has 0 unspecified atom stereocenters. The minimum absolute atomic E-state index is 0.325. The molecule has 3 atom stereocenters. The predicted molar refractivity (Wildman–Crippen MR) is 122 cm³/mol. The molecule has 5 rings (SSSR count). The summed E-state index contributed by atoms with van der Waals surface area (Å²) >= 11 is 12.2. The highest BCUT2D eigenvalue weighted by Gasteiger charge is 2.60. The van der Waals surface area contributed by atoms with E-state index in [0.717, 1.165) is 16.2 Å². The number of methoxy groups -OCH3 is 1. The van der Waals surface area contributed by atoms with Crippen molar-refractivity contribution in [3.05, 3.63) is 88.4 Å². The number of fused-ring (bicyclic) bond motifs is 1. The number of rotatable bonds is 4. The summed E-state index contributed by atoms with van der Waals surface area (Å²) in [7, 11) is 1.58. The highest BCUT2D eigenvalue weighted by Crippen LogP contribution is 2.48. The first kappa shape index (κ1) is 20.8. The summed E-state index contributed by atoms with van der Waals surface area (Å²) in [5, 5.41) is 2.31. The van der Waals surface area contributed by atoms with Crippen molar-refractivity contribution < 1.29 is 19.2 Å². The van der Waals surface area contributed by atoms with E-state index in [1.54, 1.807) is 30.4 Å². The van der Waals surface area contributed by atoms with E-state index in [9.17, 15) is 9.59 Å². The molecule has 0 aliphatic carbocycles. The number of amides is 2. The first-order chi connectivity index (χ1) is 15.5. The molecule has 2 heterocycles. The van der Waals surface area contributed by atoms with Gasteiger partial charge >= 0.3 is 0 Å². The number of benzene rings is 3. The molecular weight excluding hydrogens is 451 g/mol. The lowest BCUT2D eigenvalue weighted by Crippen LogP contribution is -2.37. The van der Waals surface area contributed by atoms with Gasteiger partial charge in [0, 0.05) is 10.0 Å². The van der Waals surface area contributed by atoms with Gasteiger partial charge in [-0.2, -0.15) is 0 Å². The molecule has 8 heteroatoms. The molecular formula is C24H18Cl2N2O4. The van der Waals surface area contributed by atoms with E-state index in [4.69, 9.17) is 32.8 Å². The van der Waals surface area contributed by atoms with Gasteiger partial charge in [0.25, 0.3) is 5.91 Å². The highest BCUT2D eigenvalue weighted by atomic mass is 35.5. The van der Waals surface area contributed by atoms with E-state index in [0.29, 0.717) is 21.5 Å². The van der Waals surface area contributed by atoms with Crippen LogP contribution >= 0.6 is 23.2 Å². The first-order valence-electron chi connectivity index (χ1n) is 9.97. The molecule has 2 aliphatic heterocycles. The van der Waals surface area contributed by atoms with Gasteiger partial charge in [0.05, 0.1) is 24.5 Å². The van der Waals surface area contributed by atoms with Crippen LogP contribution in [0.2, 0.25) is 10.0 Å². The summed E-state index contributed by atoms with van der Waals surface area (Å²) < 4.78 is 5.38. The van der Waals surface area contributed by atoms with E-state index in [1.807, 2.05) is 54.6 Å². The SMILES string of the molecule is COc1cccc([C@H]2[C@H]3C(=O)N(c4cc(Cl)cc(Cl)c4)C(=O)[C@H]3ON2c2ccccc2)c1. The number of anilines is 2. The zero-order valence-corrected chi connectivity index (χ0v) is 18.5. The van der Waals surface area contributed by atoms with Gasteiger partial charge < -0.3 is 4.74 Å². The van der Waals surface area contributed by atoms with Gasteiger partial charge in [-0.25, -0.2) is 9.96 Å². The number of halogens is 2. The average Bonchev–Trinajstić information content (AvgIpc) is 3.30. The van der Waals surface area contributed by atoms with Crippen LogP contribution in [0.4, 0.5) is 11.4 Å². The van der Waals surface area contributed by atoms with Gasteiger partial charge in [-0.1, -0.05) is 53.5 Å². The number of hydrogen-bond acceptors (Lipinski definition) is 5. The third-order valence-electron chi connectivity index (χ3n) is 5.67. The minimum Gasteiger partial charge on any atom is -0.497 e. The monoisotopic (exact) mass is 468 g/mol. The molecule has 0 bridgehead atoms. The summed E-state index contributed by atoms with van der Waals surface area (Å²) in [5.41, 5.74) is 1.87. The van der Waals surface area contributed by atoms with Crippen LogP contribution in [-0.2, 0) is 14.4 Å². The number of hydroxylamine groups is 1. The molecule has 0 spiro atoms. The molecule has 2 saturated heterocycles. The Kier molecular flexibility index (Phi) is 5.29. The Labute approximate surface area is 194 Å². The lowest BCUT2D eigenvalue weighted by Gasteiger charge is -2.29. The lowest BCUT2D eigenvalue weighted by atomic mass is 9.90. The van der Waals surface area contributed by atoms with E-state index in [2.05, 4.69) is 0 Å². The number of carbonyl (C=O) groups is 2. The average molecular weight is 469 g/mol. The number of hydrogen-bond donors (Lipinski definition) is 0. The molecule has 162 valence electrons. The number of carbonyl (C=O) groups excluding carboxylic acids is 2. The van der Waals surface area contributed by atoms with E-state index < -0.39 is 24.0 Å². The maximum atomic E-state index is 13.6. The van der Waals surface area contributed by atoms with E-state index in [-0.39, 0.29) is 5.91 Å². The molecule has 2 fully saturated rings. The molecule has 6 nitrogen and oxygen atoms in total. The second kappa shape index (κ2) is 8.13. The van der Waals surface area contributed by atoms with Crippen LogP contribution in [0, 0.1) is 5.92 Å². The van der Waals surface area contributed by atoms with Crippen molar-refractivity contribution in [1.82, 2.24) is 0 Å². The van der Waals surface area contributed by atoms with Crippen LogP contribution in [0.25, 0.3) is 0 Å². The van der Waals surface area contributed by atoms with Crippen LogP contribution in [0.3, 0.4) is 0 Å². The van der Waals surface area contributed by atoms with E-state index >= 15 is 0 Å². The van der Waals surface area contributed by atoms with Crippen molar-refractivity contribution >= 4 is 46.4 Å².